The largest absolute Gasteiger partial charge is 0.471 e. The quantitative estimate of drug-likeness (QED) is 0.0626. The van der Waals surface area contributed by atoms with Crippen molar-refractivity contribution in [3.05, 3.63) is 12.2 Å². The molecule has 2 N–H and O–H groups in total. The maximum atomic E-state index is 13.5. The van der Waals surface area contributed by atoms with Gasteiger partial charge in [0.2, 0.25) is 5.91 Å². The monoisotopic (exact) mass is 807 g/mol. The summed E-state index contributed by atoms with van der Waals surface area (Å²) in [7, 11) is -1.56. The van der Waals surface area contributed by atoms with E-state index in [9.17, 15) is 47.0 Å². The summed E-state index contributed by atoms with van der Waals surface area (Å²) in [5.41, 5.74) is -3.70. The van der Waals surface area contributed by atoms with Crippen LogP contribution in [0.1, 0.15) is 93.4 Å². The van der Waals surface area contributed by atoms with Crippen LogP contribution in [-0.4, -0.2) is 120 Å². The predicted octanol–water partition coefficient (Wildman–Crippen LogP) is 5.88. The van der Waals surface area contributed by atoms with Gasteiger partial charge >= 0.3 is 36.2 Å². The van der Waals surface area contributed by atoms with Crippen molar-refractivity contribution in [2.45, 2.75) is 160 Å². The Morgan fingerprint density at radius 3 is 2.04 bits per heavy atom. The van der Waals surface area contributed by atoms with E-state index >= 15 is 0 Å². The molecule has 0 aromatic carbocycles. The molecule has 4 amide bonds. The van der Waals surface area contributed by atoms with Crippen LogP contribution in [0.15, 0.2) is 12.2 Å². The minimum Gasteiger partial charge on any atom is -0.464 e. The van der Waals surface area contributed by atoms with Gasteiger partial charge in [-0.1, -0.05) is 44.6 Å². The van der Waals surface area contributed by atoms with Crippen LogP contribution < -0.4 is 5.32 Å². The highest BCUT2D eigenvalue weighted by molar-refractivity contribution is 6.76. The number of rotatable bonds is 16. The minimum atomic E-state index is -5.26. The maximum Gasteiger partial charge on any atom is 0.471 e. The Kier molecular flexibility index (Phi) is 16.4. The van der Waals surface area contributed by atoms with Crippen LogP contribution in [0.5, 0.6) is 0 Å². The Bertz CT molecular complexity index is 1390. The SMILES string of the molecule is CCOC(=O)[C@@]1(N(C(=O)OC(C)(C)C)C(=O)OC(C)(C)C)C[C@H]1/C=C\CCCCC[C@H](NC(=O)C(F)(F)F)C(=O)N1C[C@H](O)CC1C(=O)OCC[Si](C)(C)C. The average molecular weight is 808 g/mol. The van der Waals surface area contributed by atoms with Crippen molar-refractivity contribution >= 4 is 44.0 Å². The number of likely N-dealkylation sites (tertiary alicyclic amines) is 1. The maximum absolute atomic E-state index is 13.5. The molecule has 0 bridgehead atoms. The standard InChI is InChI=1S/C37H60F3N3O11Si/c1-11-51-31(48)36(43(32(49)53-34(2,3)4)33(50)54-35(5,6)7)22-24(36)17-15-13-12-14-16-18-26(41-30(47)37(38,39)40)28(45)42-23-25(44)21-27(42)29(46)52-19-20-55(8,9)10/h15,17,24-27,44H,11-14,16,18-23H2,1-10H3,(H,41,47)/b17-15-/t24-,25-,26+,27?,36-/m1/s1. The van der Waals surface area contributed by atoms with Gasteiger partial charge in [0.05, 0.1) is 19.3 Å². The summed E-state index contributed by atoms with van der Waals surface area (Å²) in [6.45, 7) is 17.3. The molecule has 1 saturated heterocycles. The van der Waals surface area contributed by atoms with E-state index in [0.717, 1.165) is 4.90 Å². The lowest BCUT2D eigenvalue weighted by molar-refractivity contribution is -0.175. The third-order valence-corrected chi connectivity index (χ3v) is 10.4. The van der Waals surface area contributed by atoms with E-state index in [2.05, 4.69) is 19.6 Å². The number of aliphatic hydroxyl groups is 1. The Balaban J connectivity index is 2.13. The third-order valence-electron chi connectivity index (χ3n) is 8.69. The summed E-state index contributed by atoms with van der Waals surface area (Å²) in [4.78, 5) is 80.0. The van der Waals surface area contributed by atoms with Crippen LogP contribution >= 0.6 is 0 Å². The van der Waals surface area contributed by atoms with Crippen molar-refractivity contribution in [3.63, 3.8) is 0 Å². The molecule has 0 radical (unpaired) electrons. The van der Waals surface area contributed by atoms with E-state index < -0.39 is 91.0 Å². The number of ether oxygens (including phenoxy) is 4. The number of imide groups is 1. The number of aliphatic hydroxyl groups excluding tert-OH is 1. The molecule has 18 heteroatoms. The van der Waals surface area contributed by atoms with Crippen molar-refractivity contribution in [1.82, 2.24) is 15.1 Å². The van der Waals surface area contributed by atoms with Crippen molar-refractivity contribution in [2.24, 2.45) is 5.92 Å². The summed E-state index contributed by atoms with van der Waals surface area (Å²) in [6.07, 6.45) is -3.80. The van der Waals surface area contributed by atoms with Gasteiger partial charge in [-0.25, -0.2) is 19.2 Å². The van der Waals surface area contributed by atoms with Crippen LogP contribution in [-0.2, 0) is 38.1 Å². The first kappa shape index (κ1) is 47.5. The van der Waals surface area contributed by atoms with Crippen molar-refractivity contribution in [3.8, 4) is 0 Å². The molecule has 0 spiro atoms. The Morgan fingerprint density at radius 1 is 0.945 bits per heavy atom. The summed E-state index contributed by atoms with van der Waals surface area (Å²) in [5.74, 6) is -5.42. The number of allylic oxidation sites excluding steroid dienone is 1. The molecule has 14 nitrogen and oxygen atoms in total. The van der Waals surface area contributed by atoms with Crippen molar-refractivity contribution in [2.75, 3.05) is 19.8 Å². The number of carbonyl (C=O) groups is 6. The van der Waals surface area contributed by atoms with Gasteiger partial charge in [-0.05, 0) is 80.2 Å². The molecule has 1 saturated carbocycles. The molecular weight excluding hydrogens is 747 g/mol. The molecular formula is C37H60F3N3O11Si. The number of halogens is 3. The van der Waals surface area contributed by atoms with Crippen LogP contribution in [0.4, 0.5) is 22.8 Å². The molecule has 314 valence electrons. The number of carbonyl (C=O) groups excluding carboxylic acids is 6. The summed E-state index contributed by atoms with van der Waals surface area (Å²) >= 11 is 0. The van der Waals surface area contributed by atoms with E-state index in [4.69, 9.17) is 18.9 Å². The number of nitrogens with one attached hydrogen (secondary N) is 1. The van der Waals surface area contributed by atoms with Crippen LogP contribution in [0.3, 0.4) is 0 Å². The number of unbranched alkanes of at least 4 members (excludes halogenated alkanes) is 3. The summed E-state index contributed by atoms with van der Waals surface area (Å²) in [5, 5.41) is 12.0. The van der Waals surface area contributed by atoms with E-state index in [1.165, 1.54) is 0 Å². The van der Waals surface area contributed by atoms with Gasteiger partial charge in [0.25, 0.3) is 0 Å². The molecule has 2 fully saturated rings. The Labute approximate surface area is 322 Å². The zero-order chi connectivity index (χ0) is 42.2. The number of hydrogen-bond acceptors (Lipinski definition) is 11. The molecule has 1 unspecified atom stereocenters. The highest BCUT2D eigenvalue weighted by atomic mass is 28.3. The van der Waals surface area contributed by atoms with E-state index in [1.807, 2.05) is 0 Å². The number of alkyl halides is 3. The van der Waals surface area contributed by atoms with E-state index in [-0.39, 0.29) is 45.4 Å². The topological polar surface area (TPSA) is 178 Å². The van der Waals surface area contributed by atoms with Gasteiger partial charge in [-0.3, -0.25) is 9.59 Å². The molecule has 5 atom stereocenters. The van der Waals surface area contributed by atoms with Crippen LogP contribution in [0.2, 0.25) is 25.7 Å². The van der Waals surface area contributed by atoms with Crippen molar-refractivity contribution in [1.29, 1.82) is 0 Å². The predicted molar refractivity (Wildman–Crippen MR) is 197 cm³/mol. The lowest BCUT2D eigenvalue weighted by atomic mass is 10.0. The van der Waals surface area contributed by atoms with Crippen LogP contribution in [0, 0.1) is 5.92 Å². The highest BCUT2D eigenvalue weighted by Crippen LogP contribution is 2.51. The summed E-state index contributed by atoms with van der Waals surface area (Å²) < 4.78 is 61.3. The third kappa shape index (κ3) is 14.7. The number of amides is 4. The molecule has 55 heavy (non-hydrogen) atoms. The molecule has 0 aromatic rings. The van der Waals surface area contributed by atoms with E-state index in [1.54, 1.807) is 65.9 Å². The van der Waals surface area contributed by atoms with Gasteiger partial charge in [0, 0.05) is 27.0 Å². The van der Waals surface area contributed by atoms with Crippen LogP contribution in [0.25, 0.3) is 0 Å². The Hall–Kier alpha value is -3.67. The molecule has 1 heterocycles. The zero-order valence-electron chi connectivity index (χ0n) is 33.8. The molecule has 1 aliphatic heterocycles. The number of nitrogens with zero attached hydrogens (tertiary/aromatic N) is 2. The fourth-order valence-electron chi connectivity index (χ4n) is 5.94. The molecule has 0 aromatic heterocycles. The number of hydrogen-bond donors (Lipinski definition) is 2. The second kappa shape index (κ2) is 19.0. The second-order valence-corrected chi connectivity index (χ2v) is 22.8. The fourth-order valence-corrected chi connectivity index (χ4v) is 6.65. The van der Waals surface area contributed by atoms with Gasteiger partial charge in [0.15, 0.2) is 5.54 Å². The normalized spacial score (nSPS) is 22.1. The summed E-state index contributed by atoms with van der Waals surface area (Å²) in [6, 6.07) is -2.16. The lowest BCUT2D eigenvalue weighted by Gasteiger charge is -2.33. The van der Waals surface area contributed by atoms with Gasteiger partial charge in [0.1, 0.15) is 23.3 Å². The highest BCUT2D eigenvalue weighted by Gasteiger charge is 2.69. The van der Waals surface area contributed by atoms with Gasteiger partial charge in [-0.2, -0.15) is 18.1 Å². The minimum absolute atomic E-state index is 0.0117. The second-order valence-electron chi connectivity index (χ2n) is 17.2. The Morgan fingerprint density at radius 2 is 1.53 bits per heavy atom. The first-order valence-corrected chi connectivity index (χ1v) is 22.5. The first-order valence-electron chi connectivity index (χ1n) is 18.8. The van der Waals surface area contributed by atoms with Gasteiger partial charge in [-0.15, -0.1) is 0 Å². The van der Waals surface area contributed by atoms with Gasteiger partial charge < -0.3 is 34.3 Å². The number of β-amino-alcohol motifs (C(OH)–C–C–N with tert-alkyl or cyclic N) is 1. The molecule has 1 aliphatic carbocycles. The smallest absolute Gasteiger partial charge is 0.464 e. The number of esters is 2. The average Bonchev–Trinajstić information content (AvgIpc) is 3.58. The molecule has 2 aliphatic rings. The first-order chi connectivity index (χ1) is 25.1. The molecule has 2 rings (SSSR count). The van der Waals surface area contributed by atoms with E-state index in [0.29, 0.717) is 30.2 Å². The zero-order valence-corrected chi connectivity index (χ0v) is 34.8. The lowest BCUT2D eigenvalue weighted by Crippen LogP contribution is -2.55. The van der Waals surface area contributed by atoms with Crippen molar-refractivity contribution < 1.29 is 66.0 Å². The fraction of sp³-hybridized carbons (Fsp3) is 0.784.